The molecule has 0 spiro atoms. The summed E-state index contributed by atoms with van der Waals surface area (Å²) in [6, 6.07) is 0. The second-order valence-corrected chi connectivity index (χ2v) is 18.0. The maximum Gasteiger partial charge on any atom is 0.309 e. The molecular weight excluding hydrogens is 558 g/mol. The van der Waals surface area contributed by atoms with Gasteiger partial charge in [0.2, 0.25) is 0 Å². The largest absolute Gasteiger partial charge is 0.462 e. The van der Waals surface area contributed by atoms with Crippen LogP contribution in [0.15, 0.2) is 0 Å². The van der Waals surface area contributed by atoms with Crippen molar-refractivity contribution in [1.82, 2.24) is 16.0 Å². The van der Waals surface area contributed by atoms with E-state index in [-0.39, 0.29) is 95.1 Å². The molecule has 0 amide bonds. The van der Waals surface area contributed by atoms with E-state index in [9.17, 15) is 14.4 Å². The molecule has 9 nitrogen and oxygen atoms in total. The van der Waals surface area contributed by atoms with Crippen molar-refractivity contribution in [1.29, 1.82) is 0 Å². The molecule has 0 aromatic carbocycles. The minimum absolute atomic E-state index is 0.0967. The molecule has 3 rings (SSSR count). The first-order valence-electron chi connectivity index (χ1n) is 16.8. The zero-order chi connectivity index (χ0) is 33.4. The highest BCUT2D eigenvalue weighted by molar-refractivity contribution is 5.76. The van der Waals surface area contributed by atoms with Crippen LogP contribution in [-0.2, 0) is 28.6 Å². The van der Waals surface area contributed by atoms with Crippen molar-refractivity contribution in [2.45, 2.75) is 199 Å². The molecule has 0 aliphatic carbocycles. The van der Waals surface area contributed by atoms with Crippen molar-refractivity contribution in [3.8, 4) is 0 Å². The second kappa shape index (κ2) is 13.2. The molecule has 3 N–H and O–H groups in total. The first-order valence-corrected chi connectivity index (χ1v) is 16.8. The van der Waals surface area contributed by atoms with Crippen LogP contribution in [0.2, 0.25) is 0 Å². The van der Waals surface area contributed by atoms with Crippen LogP contribution in [0.5, 0.6) is 0 Å². The van der Waals surface area contributed by atoms with Gasteiger partial charge in [0.05, 0.1) is 5.92 Å². The molecule has 3 aliphatic heterocycles. The maximum absolute atomic E-state index is 13.6. The van der Waals surface area contributed by atoms with Crippen LogP contribution < -0.4 is 16.0 Å². The Morgan fingerprint density at radius 1 is 0.500 bits per heavy atom. The van der Waals surface area contributed by atoms with E-state index < -0.39 is 5.92 Å². The fourth-order valence-corrected chi connectivity index (χ4v) is 8.65. The van der Waals surface area contributed by atoms with Crippen LogP contribution in [0.1, 0.15) is 147 Å². The van der Waals surface area contributed by atoms with Gasteiger partial charge in [-0.2, -0.15) is 0 Å². The number of carbonyl (C=O) groups excluding carboxylic acids is 3. The van der Waals surface area contributed by atoms with Gasteiger partial charge in [-0.15, -0.1) is 0 Å². The van der Waals surface area contributed by atoms with Crippen LogP contribution in [0.3, 0.4) is 0 Å². The number of rotatable bonds is 10. The van der Waals surface area contributed by atoms with Crippen LogP contribution in [0.25, 0.3) is 0 Å². The summed E-state index contributed by atoms with van der Waals surface area (Å²) in [5, 5.41) is 10.8. The number of esters is 3. The number of hydrogen-bond donors (Lipinski definition) is 3. The van der Waals surface area contributed by atoms with Crippen LogP contribution >= 0.6 is 0 Å². The lowest BCUT2D eigenvalue weighted by Gasteiger charge is -2.46. The Bertz CT molecular complexity index is 943. The summed E-state index contributed by atoms with van der Waals surface area (Å²) >= 11 is 0. The van der Waals surface area contributed by atoms with Crippen molar-refractivity contribution in [2.75, 3.05) is 0 Å². The summed E-state index contributed by atoms with van der Waals surface area (Å²) in [6.45, 7) is 25.4. The summed E-state index contributed by atoms with van der Waals surface area (Å²) in [6.07, 6.45) is 4.42. The van der Waals surface area contributed by atoms with E-state index in [4.69, 9.17) is 14.2 Å². The molecule has 3 saturated heterocycles. The number of ether oxygens (including phenoxy) is 3. The molecule has 0 aromatic heterocycles. The van der Waals surface area contributed by atoms with E-state index in [0.717, 1.165) is 25.7 Å². The summed E-state index contributed by atoms with van der Waals surface area (Å²) in [4.78, 5) is 39.7. The molecule has 3 aliphatic rings. The third kappa shape index (κ3) is 11.9. The van der Waals surface area contributed by atoms with Gasteiger partial charge in [0.1, 0.15) is 18.3 Å². The molecule has 9 heteroatoms. The minimum atomic E-state index is -0.599. The molecule has 0 saturated carbocycles. The predicted molar refractivity (Wildman–Crippen MR) is 173 cm³/mol. The lowest BCUT2D eigenvalue weighted by molar-refractivity contribution is -0.160. The zero-order valence-electron chi connectivity index (χ0n) is 29.8. The summed E-state index contributed by atoms with van der Waals surface area (Å²) in [5.41, 5.74) is -0.933. The highest BCUT2D eigenvalue weighted by Crippen LogP contribution is 2.34. The molecule has 0 radical (unpaired) electrons. The molecule has 3 fully saturated rings. The first kappa shape index (κ1) is 36.8. The minimum Gasteiger partial charge on any atom is -0.462 e. The molecule has 254 valence electrons. The van der Waals surface area contributed by atoms with E-state index in [1.165, 1.54) is 0 Å². The highest BCUT2D eigenvalue weighted by Gasteiger charge is 2.42. The molecule has 0 bridgehead atoms. The molecule has 0 aromatic rings. The molecule has 3 heterocycles. The summed E-state index contributed by atoms with van der Waals surface area (Å²) in [7, 11) is 0. The molecule has 0 unspecified atom stereocenters. The molecular formula is C35H63N3O6. The van der Waals surface area contributed by atoms with Crippen LogP contribution in [0.4, 0.5) is 0 Å². The fourth-order valence-electron chi connectivity index (χ4n) is 8.65. The van der Waals surface area contributed by atoms with E-state index in [2.05, 4.69) is 99.0 Å². The average Bonchev–Trinajstić information content (AvgIpc) is 2.72. The van der Waals surface area contributed by atoms with Gasteiger partial charge in [0, 0.05) is 84.6 Å². The Hall–Kier alpha value is -1.71. The van der Waals surface area contributed by atoms with Crippen LogP contribution in [-0.4, -0.2) is 69.5 Å². The van der Waals surface area contributed by atoms with Gasteiger partial charge in [-0.05, 0) is 95.9 Å². The van der Waals surface area contributed by atoms with Gasteiger partial charge < -0.3 is 30.2 Å². The maximum atomic E-state index is 13.6. The van der Waals surface area contributed by atoms with Crippen molar-refractivity contribution in [3.05, 3.63) is 0 Å². The fraction of sp³-hybridized carbons (Fsp3) is 0.914. The van der Waals surface area contributed by atoms with E-state index >= 15 is 0 Å². The van der Waals surface area contributed by atoms with Gasteiger partial charge in [0.15, 0.2) is 0 Å². The van der Waals surface area contributed by atoms with E-state index in [1.807, 2.05) is 0 Å². The third-order valence-corrected chi connectivity index (χ3v) is 9.06. The van der Waals surface area contributed by atoms with Gasteiger partial charge in [0.25, 0.3) is 0 Å². The quantitative estimate of drug-likeness (QED) is 0.208. The van der Waals surface area contributed by atoms with Gasteiger partial charge in [-0.3, -0.25) is 14.4 Å². The highest BCUT2D eigenvalue weighted by atomic mass is 16.6. The predicted octanol–water partition coefficient (Wildman–Crippen LogP) is 5.72. The van der Waals surface area contributed by atoms with Crippen molar-refractivity contribution < 1.29 is 28.6 Å². The average molecular weight is 622 g/mol. The smallest absolute Gasteiger partial charge is 0.309 e. The first-order chi connectivity index (χ1) is 19.8. The topological polar surface area (TPSA) is 115 Å². The Morgan fingerprint density at radius 3 is 1.02 bits per heavy atom. The SMILES string of the molecule is CC1(C)CC(OC(=O)CCC(CCC(=O)OC2CC(C)(C)NC(C)(C)C2)C(=O)OC2CC(C)(C)NC(C)(C)C2)CC(C)(C)N1. The second-order valence-electron chi connectivity index (χ2n) is 18.0. The standard InChI is InChI=1S/C35H63N3O6/c1-30(2)17-24(18-31(3,4)36-30)42-27(39)15-13-23(29(41)44-26-21-34(9,10)38-35(11,12)22-26)14-16-28(40)43-25-19-32(5,6)37-33(7,8)20-25/h23-26,36-38H,13-22H2,1-12H3. The van der Waals surface area contributed by atoms with E-state index in [0.29, 0.717) is 12.8 Å². The molecule has 44 heavy (non-hydrogen) atoms. The number of hydrogen-bond acceptors (Lipinski definition) is 9. The monoisotopic (exact) mass is 621 g/mol. The lowest BCUT2D eigenvalue weighted by Crippen LogP contribution is -2.59. The van der Waals surface area contributed by atoms with E-state index in [1.54, 1.807) is 0 Å². The van der Waals surface area contributed by atoms with Crippen molar-refractivity contribution >= 4 is 17.9 Å². The summed E-state index contributed by atoms with van der Waals surface area (Å²) in [5.74, 6) is -1.57. The van der Waals surface area contributed by atoms with Crippen molar-refractivity contribution in [3.63, 3.8) is 0 Å². The Morgan fingerprint density at radius 2 is 0.750 bits per heavy atom. The Balaban J connectivity index is 1.63. The summed E-state index contributed by atoms with van der Waals surface area (Å²) < 4.78 is 17.9. The van der Waals surface area contributed by atoms with Gasteiger partial charge in [-0.1, -0.05) is 0 Å². The van der Waals surface area contributed by atoms with Crippen molar-refractivity contribution in [2.24, 2.45) is 5.92 Å². The molecule has 0 atom stereocenters. The zero-order valence-corrected chi connectivity index (χ0v) is 29.8. The number of nitrogens with one attached hydrogen (secondary N) is 3. The Kier molecular flexibility index (Phi) is 11.0. The van der Waals surface area contributed by atoms with Crippen LogP contribution in [0, 0.1) is 5.92 Å². The third-order valence-electron chi connectivity index (χ3n) is 9.06. The number of piperidine rings is 3. The van der Waals surface area contributed by atoms with Gasteiger partial charge >= 0.3 is 17.9 Å². The normalized spacial score (nSPS) is 26.1. The lowest BCUT2D eigenvalue weighted by atomic mass is 9.81. The van der Waals surface area contributed by atoms with Gasteiger partial charge in [-0.25, -0.2) is 0 Å². The number of carbonyl (C=O) groups is 3. The Labute approximate surface area is 267 Å².